The lowest BCUT2D eigenvalue weighted by Crippen LogP contribution is -2.45. The summed E-state index contributed by atoms with van der Waals surface area (Å²) in [6.07, 6.45) is 4.74. The summed E-state index contributed by atoms with van der Waals surface area (Å²) in [6.45, 7) is 5.02. The maximum absolute atomic E-state index is 5.65. The molecule has 0 N–H and O–H groups in total. The van der Waals surface area contributed by atoms with E-state index in [0.29, 0.717) is 12.2 Å². The van der Waals surface area contributed by atoms with E-state index in [1.165, 1.54) is 60.8 Å². The first-order valence-corrected chi connectivity index (χ1v) is 20.3. The minimum Gasteiger partial charge on any atom is -0.228 e. The SMILES string of the molecule is C=C1/C=C\C#CCc2ccccc2C12c1ccccc1C1(c3ccccc3-c3ccccc31)c1cccc(-c3nc(-c4ccc5ccccc5c4)c4ccccc4n3)c12. The molecule has 2 heteroatoms. The van der Waals surface area contributed by atoms with Crippen molar-refractivity contribution in [3.8, 4) is 45.6 Å². The Morgan fingerprint density at radius 2 is 1.10 bits per heavy atom. The van der Waals surface area contributed by atoms with E-state index in [1.807, 2.05) is 6.08 Å². The summed E-state index contributed by atoms with van der Waals surface area (Å²) in [4.78, 5) is 11.1. The maximum atomic E-state index is 5.65. The summed E-state index contributed by atoms with van der Waals surface area (Å²) in [5.74, 6) is 7.47. The molecule has 59 heavy (non-hydrogen) atoms. The Morgan fingerprint density at radius 1 is 0.492 bits per heavy atom. The van der Waals surface area contributed by atoms with Gasteiger partial charge >= 0.3 is 0 Å². The van der Waals surface area contributed by atoms with Crippen LogP contribution in [0.2, 0.25) is 0 Å². The molecule has 1 atom stereocenters. The van der Waals surface area contributed by atoms with Gasteiger partial charge in [-0.3, -0.25) is 0 Å². The van der Waals surface area contributed by atoms with Crippen LogP contribution in [-0.2, 0) is 17.3 Å². The zero-order valence-electron chi connectivity index (χ0n) is 32.3. The molecule has 0 radical (unpaired) electrons. The first-order valence-electron chi connectivity index (χ1n) is 20.3. The molecule has 0 saturated heterocycles. The number of para-hydroxylation sites is 1. The average Bonchev–Trinajstić information content (AvgIpc) is 3.62. The molecule has 0 aliphatic heterocycles. The molecule has 0 fully saturated rings. The van der Waals surface area contributed by atoms with Crippen molar-refractivity contribution in [2.45, 2.75) is 17.3 Å². The zero-order valence-corrected chi connectivity index (χ0v) is 32.3. The third-order valence-corrected chi connectivity index (χ3v) is 13.0. The van der Waals surface area contributed by atoms with E-state index in [0.717, 1.165) is 38.9 Å². The van der Waals surface area contributed by atoms with Crippen LogP contribution >= 0.6 is 0 Å². The maximum Gasteiger partial charge on any atom is 0.160 e. The first kappa shape index (κ1) is 33.5. The molecule has 2 spiro atoms. The Kier molecular flexibility index (Phi) is 7.22. The number of nitrogens with zero attached hydrogens (tertiary/aromatic N) is 2. The first-order chi connectivity index (χ1) is 29.2. The van der Waals surface area contributed by atoms with Crippen LogP contribution in [0.15, 0.2) is 206 Å². The molecule has 8 aromatic carbocycles. The fraction of sp³-hybridized carbons (Fsp3) is 0.0526. The Morgan fingerprint density at radius 3 is 1.90 bits per heavy atom. The molecule has 3 aliphatic carbocycles. The second-order valence-electron chi connectivity index (χ2n) is 15.9. The molecule has 9 aromatic rings. The van der Waals surface area contributed by atoms with E-state index in [-0.39, 0.29) is 0 Å². The number of aromatic nitrogens is 2. The minimum atomic E-state index is -0.834. The highest BCUT2D eigenvalue weighted by molar-refractivity contribution is 5.98. The molecule has 1 heterocycles. The van der Waals surface area contributed by atoms with Crippen LogP contribution in [0.3, 0.4) is 0 Å². The summed E-state index contributed by atoms with van der Waals surface area (Å²) in [6, 6.07) is 66.3. The number of benzene rings is 8. The van der Waals surface area contributed by atoms with E-state index >= 15 is 0 Å². The van der Waals surface area contributed by atoms with Crippen LogP contribution in [0.4, 0.5) is 0 Å². The quantitative estimate of drug-likeness (QED) is 0.165. The van der Waals surface area contributed by atoms with Gasteiger partial charge in [0.05, 0.1) is 22.0 Å². The Bertz CT molecular complexity index is 3310. The zero-order chi connectivity index (χ0) is 39.1. The number of rotatable bonds is 2. The predicted molar refractivity (Wildman–Crippen MR) is 241 cm³/mol. The molecule has 12 rings (SSSR count). The summed E-state index contributed by atoms with van der Waals surface area (Å²) < 4.78 is 0. The molecule has 0 amide bonds. The fourth-order valence-corrected chi connectivity index (χ4v) is 10.7. The van der Waals surface area contributed by atoms with Crippen molar-refractivity contribution in [3.63, 3.8) is 0 Å². The van der Waals surface area contributed by atoms with E-state index < -0.39 is 10.8 Å². The minimum absolute atomic E-state index is 0.616. The van der Waals surface area contributed by atoms with Gasteiger partial charge in [0.25, 0.3) is 0 Å². The third-order valence-electron chi connectivity index (χ3n) is 13.0. The van der Waals surface area contributed by atoms with Gasteiger partial charge in [-0.05, 0) is 96.3 Å². The number of hydrogen-bond donors (Lipinski definition) is 0. The molecule has 274 valence electrons. The highest BCUT2D eigenvalue weighted by atomic mass is 14.9. The van der Waals surface area contributed by atoms with Gasteiger partial charge in [0.2, 0.25) is 0 Å². The largest absolute Gasteiger partial charge is 0.228 e. The molecule has 2 nitrogen and oxygen atoms in total. The molecular formula is C57H36N2. The lowest BCUT2D eigenvalue weighted by molar-refractivity contribution is 0.622. The average molecular weight is 749 g/mol. The van der Waals surface area contributed by atoms with Crippen molar-refractivity contribution >= 4 is 21.7 Å². The highest BCUT2D eigenvalue weighted by Crippen LogP contribution is 2.66. The van der Waals surface area contributed by atoms with Crippen molar-refractivity contribution < 1.29 is 0 Å². The van der Waals surface area contributed by atoms with E-state index in [9.17, 15) is 0 Å². The van der Waals surface area contributed by atoms with Gasteiger partial charge in [-0.1, -0.05) is 188 Å². The normalized spacial score (nSPS) is 17.1. The lowest BCUT2D eigenvalue weighted by Gasteiger charge is -2.51. The molecule has 0 bridgehead atoms. The van der Waals surface area contributed by atoms with Crippen molar-refractivity contribution in [1.29, 1.82) is 0 Å². The van der Waals surface area contributed by atoms with E-state index in [2.05, 4.69) is 200 Å². The molecule has 0 saturated carbocycles. The van der Waals surface area contributed by atoms with Crippen LogP contribution in [-0.4, -0.2) is 9.97 Å². The fourth-order valence-electron chi connectivity index (χ4n) is 10.7. The van der Waals surface area contributed by atoms with Crippen LogP contribution in [0.1, 0.15) is 44.5 Å². The molecule has 1 unspecified atom stereocenters. The monoisotopic (exact) mass is 748 g/mol. The van der Waals surface area contributed by atoms with Gasteiger partial charge in [0.1, 0.15) is 0 Å². The number of allylic oxidation sites excluding steroid dienone is 3. The van der Waals surface area contributed by atoms with Gasteiger partial charge in [-0.2, -0.15) is 0 Å². The van der Waals surface area contributed by atoms with Gasteiger partial charge in [-0.15, -0.1) is 0 Å². The Hall–Kier alpha value is -7.60. The van der Waals surface area contributed by atoms with Gasteiger partial charge < -0.3 is 0 Å². The number of hydrogen-bond acceptors (Lipinski definition) is 2. The highest BCUT2D eigenvalue weighted by Gasteiger charge is 2.58. The van der Waals surface area contributed by atoms with E-state index in [4.69, 9.17) is 16.5 Å². The molecule has 1 aromatic heterocycles. The van der Waals surface area contributed by atoms with Gasteiger partial charge in [0.15, 0.2) is 5.82 Å². The van der Waals surface area contributed by atoms with Crippen molar-refractivity contribution in [3.05, 3.63) is 251 Å². The summed E-state index contributed by atoms with van der Waals surface area (Å²) in [5, 5.41) is 3.39. The predicted octanol–water partition coefficient (Wildman–Crippen LogP) is 12.8. The van der Waals surface area contributed by atoms with Crippen molar-refractivity contribution in [1.82, 2.24) is 9.97 Å². The van der Waals surface area contributed by atoms with Crippen molar-refractivity contribution in [2.75, 3.05) is 0 Å². The molecule has 3 aliphatic rings. The third kappa shape index (κ3) is 4.53. The van der Waals surface area contributed by atoms with Crippen LogP contribution in [0.5, 0.6) is 0 Å². The van der Waals surface area contributed by atoms with E-state index in [1.54, 1.807) is 0 Å². The Balaban J connectivity index is 1.27. The summed E-state index contributed by atoms with van der Waals surface area (Å²) in [5.41, 5.74) is 15.6. The lowest BCUT2D eigenvalue weighted by atomic mass is 9.50. The van der Waals surface area contributed by atoms with Crippen LogP contribution in [0.25, 0.3) is 55.4 Å². The van der Waals surface area contributed by atoms with Crippen molar-refractivity contribution in [2.24, 2.45) is 0 Å². The number of fused-ring (bicyclic) bond motifs is 15. The second-order valence-corrected chi connectivity index (χ2v) is 15.9. The topological polar surface area (TPSA) is 25.8 Å². The second kappa shape index (κ2) is 12.7. The standard InChI is InChI=1S/C57H36N2/c1-37-18-3-2-4-20-39-21-7-11-27-46(39)56(37)49-30-14-15-31-50(49)57(47-28-12-8-23-42(47)43-24-9-13-29-48(43)57)51-32-17-26-45(53(51)56)55-58-52-33-16-10-25-44(52)54(59-55)41-35-34-38-19-5-6-22-40(38)36-41/h3,5-19,21-36H,1,20H2/b18-3-. The van der Waals surface area contributed by atoms with Crippen LogP contribution < -0.4 is 0 Å². The summed E-state index contributed by atoms with van der Waals surface area (Å²) >= 11 is 0. The Labute approximate surface area is 343 Å². The van der Waals surface area contributed by atoms with Gasteiger partial charge in [-0.25, -0.2) is 9.97 Å². The van der Waals surface area contributed by atoms with Crippen LogP contribution in [0, 0.1) is 11.8 Å². The smallest absolute Gasteiger partial charge is 0.160 e. The molecular weight excluding hydrogens is 713 g/mol. The summed E-state index contributed by atoms with van der Waals surface area (Å²) in [7, 11) is 0. The van der Waals surface area contributed by atoms with Gasteiger partial charge in [0, 0.05) is 22.9 Å².